The van der Waals surface area contributed by atoms with Crippen molar-refractivity contribution in [3.8, 4) is 11.5 Å². The van der Waals surface area contributed by atoms with E-state index in [1.54, 1.807) is 14.2 Å². The molecule has 0 saturated carbocycles. The lowest BCUT2D eigenvalue weighted by Crippen LogP contribution is -2.49. The summed E-state index contributed by atoms with van der Waals surface area (Å²) < 4.78 is 10.6. The Bertz CT molecular complexity index is 868. The van der Waals surface area contributed by atoms with Gasteiger partial charge in [0.15, 0.2) is 11.5 Å². The topological polar surface area (TPSA) is 42.0 Å². The molecule has 1 aliphatic rings. The molecule has 5 nitrogen and oxygen atoms in total. The SMILES string of the molecule is COc1ccc(/C=C(\C)C(=O)N2CCN(c3cccc(C)c3)CC2)cc1OC. The van der Waals surface area contributed by atoms with Crippen LogP contribution in [0.5, 0.6) is 11.5 Å². The minimum absolute atomic E-state index is 0.0821. The summed E-state index contributed by atoms with van der Waals surface area (Å²) in [5.74, 6) is 1.41. The van der Waals surface area contributed by atoms with Crippen molar-refractivity contribution >= 4 is 17.7 Å². The number of aryl methyl sites for hydroxylation is 1. The van der Waals surface area contributed by atoms with Crippen molar-refractivity contribution in [1.29, 1.82) is 0 Å². The van der Waals surface area contributed by atoms with Crippen molar-refractivity contribution in [2.24, 2.45) is 0 Å². The number of hydrogen-bond acceptors (Lipinski definition) is 4. The molecule has 1 heterocycles. The van der Waals surface area contributed by atoms with Crippen molar-refractivity contribution in [3.05, 3.63) is 59.2 Å². The Labute approximate surface area is 167 Å². The highest BCUT2D eigenvalue weighted by atomic mass is 16.5. The number of carbonyl (C=O) groups excluding carboxylic acids is 1. The van der Waals surface area contributed by atoms with Gasteiger partial charge in [-0.1, -0.05) is 18.2 Å². The lowest BCUT2D eigenvalue weighted by Gasteiger charge is -2.36. The van der Waals surface area contributed by atoms with Crippen molar-refractivity contribution in [3.63, 3.8) is 0 Å². The molecule has 1 fully saturated rings. The molecule has 1 aliphatic heterocycles. The largest absolute Gasteiger partial charge is 0.493 e. The van der Waals surface area contributed by atoms with Crippen LogP contribution in [0.25, 0.3) is 6.08 Å². The molecule has 1 amide bonds. The Morgan fingerprint density at radius 2 is 1.68 bits per heavy atom. The third-order valence-corrected chi connectivity index (χ3v) is 5.06. The van der Waals surface area contributed by atoms with Crippen LogP contribution in [0.3, 0.4) is 0 Å². The van der Waals surface area contributed by atoms with Crippen LogP contribution in [-0.4, -0.2) is 51.2 Å². The fourth-order valence-corrected chi connectivity index (χ4v) is 3.50. The minimum atomic E-state index is 0.0821. The number of carbonyl (C=O) groups is 1. The van der Waals surface area contributed by atoms with Crippen LogP contribution in [0.1, 0.15) is 18.1 Å². The quantitative estimate of drug-likeness (QED) is 0.741. The zero-order chi connectivity index (χ0) is 20.1. The second-order valence-corrected chi connectivity index (χ2v) is 7.06. The first-order valence-electron chi connectivity index (χ1n) is 9.53. The van der Waals surface area contributed by atoms with E-state index in [2.05, 4.69) is 36.1 Å². The molecular formula is C23H28N2O3. The number of benzene rings is 2. The summed E-state index contributed by atoms with van der Waals surface area (Å²) >= 11 is 0. The first-order chi connectivity index (χ1) is 13.5. The summed E-state index contributed by atoms with van der Waals surface area (Å²) in [4.78, 5) is 17.1. The minimum Gasteiger partial charge on any atom is -0.493 e. The molecule has 148 valence electrons. The van der Waals surface area contributed by atoms with Crippen LogP contribution in [-0.2, 0) is 4.79 Å². The Morgan fingerprint density at radius 1 is 0.964 bits per heavy atom. The summed E-state index contributed by atoms with van der Waals surface area (Å²) in [6, 6.07) is 14.2. The number of nitrogens with zero attached hydrogens (tertiary/aromatic N) is 2. The molecule has 0 N–H and O–H groups in total. The van der Waals surface area contributed by atoms with E-state index in [-0.39, 0.29) is 5.91 Å². The van der Waals surface area contributed by atoms with Crippen LogP contribution < -0.4 is 14.4 Å². The summed E-state index contributed by atoms with van der Waals surface area (Å²) in [5, 5.41) is 0. The van der Waals surface area contributed by atoms with Crippen LogP contribution >= 0.6 is 0 Å². The highest BCUT2D eigenvalue weighted by Gasteiger charge is 2.22. The zero-order valence-corrected chi connectivity index (χ0v) is 17.1. The average molecular weight is 380 g/mol. The Hall–Kier alpha value is -2.95. The number of rotatable bonds is 5. The second kappa shape index (κ2) is 8.83. The monoisotopic (exact) mass is 380 g/mol. The van der Waals surface area contributed by atoms with E-state index >= 15 is 0 Å². The summed E-state index contributed by atoms with van der Waals surface area (Å²) in [5.41, 5.74) is 4.12. The van der Waals surface area contributed by atoms with Crippen molar-refractivity contribution < 1.29 is 14.3 Å². The predicted molar refractivity (Wildman–Crippen MR) is 113 cm³/mol. The maximum absolute atomic E-state index is 12.9. The molecular weight excluding hydrogens is 352 g/mol. The third-order valence-electron chi connectivity index (χ3n) is 5.06. The Balaban J connectivity index is 1.65. The van der Waals surface area contributed by atoms with Gasteiger partial charge in [-0.25, -0.2) is 0 Å². The van der Waals surface area contributed by atoms with Gasteiger partial charge >= 0.3 is 0 Å². The van der Waals surface area contributed by atoms with E-state index in [0.29, 0.717) is 11.5 Å². The summed E-state index contributed by atoms with van der Waals surface area (Å²) in [6.45, 7) is 7.11. The Kier molecular flexibility index (Phi) is 6.24. The van der Waals surface area contributed by atoms with Gasteiger partial charge in [0.25, 0.3) is 0 Å². The lowest BCUT2D eigenvalue weighted by atomic mass is 10.1. The highest BCUT2D eigenvalue weighted by Crippen LogP contribution is 2.28. The first kappa shape index (κ1) is 19.8. The second-order valence-electron chi connectivity index (χ2n) is 7.06. The summed E-state index contributed by atoms with van der Waals surface area (Å²) in [6.07, 6.45) is 1.90. The molecule has 3 rings (SSSR count). The normalized spacial score (nSPS) is 14.8. The molecule has 28 heavy (non-hydrogen) atoms. The zero-order valence-electron chi connectivity index (χ0n) is 17.1. The highest BCUT2D eigenvalue weighted by molar-refractivity contribution is 5.97. The van der Waals surface area contributed by atoms with E-state index in [4.69, 9.17) is 9.47 Å². The Morgan fingerprint density at radius 3 is 2.32 bits per heavy atom. The molecule has 0 bridgehead atoms. The third kappa shape index (κ3) is 4.47. The van der Waals surface area contributed by atoms with E-state index in [0.717, 1.165) is 37.3 Å². The van der Waals surface area contributed by atoms with Gasteiger partial charge in [0, 0.05) is 37.4 Å². The van der Waals surface area contributed by atoms with Crippen LogP contribution in [0.15, 0.2) is 48.0 Å². The van der Waals surface area contributed by atoms with Crippen molar-refractivity contribution in [2.45, 2.75) is 13.8 Å². The number of piperazine rings is 1. The average Bonchev–Trinajstić information content (AvgIpc) is 2.73. The van der Waals surface area contributed by atoms with E-state index in [9.17, 15) is 4.79 Å². The molecule has 0 radical (unpaired) electrons. The van der Waals surface area contributed by atoms with Crippen molar-refractivity contribution in [2.75, 3.05) is 45.3 Å². The molecule has 0 aromatic heterocycles. The first-order valence-corrected chi connectivity index (χ1v) is 9.53. The van der Waals surface area contributed by atoms with E-state index < -0.39 is 0 Å². The van der Waals surface area contributed by atoms with Gasteiger partial charge in [-0.15, -0.1) is 0 Å². The van der Waals surface area contributed by atoms with Crippen LogP contribution in [0.2, 0.25) is 0 Å². The fraction of sp³-hybridized carbons (Fsp3) is 0.348. The summed E-state index contributed by atoms with van der Waals surface area (Å²) in [7, 11) is 3.22. The molecule has 2 aromatic carbocycles. The van der Waals surface area contributed by atoms with Gasteiger partial charge in [0.05, 0.1) is 14.2 Å². The number of ether oxygens (including phenoxy) is 2. The molecule has 1 saturated heterocycles. The van der Waals surface area contributed by atoms with E-state index in [1.165, 1.54) is 11.3 Å². The molecule has 0 atom stereocenters. The predicted octanol–water partition coefficient (Wildman–Crippen LogP) is 3.76. The van der Waals surface area contributed by atoms with Crippen LogP contribution in [0.4, 0.5) is 5.69 Å². The standard InChI is InChI=1S/C23H28N2O3/c1-17-6-5-7-20(14-17)24-10-12-25(13-11-24)23(26)18(2)15-19-8-9-21(27-3)22(16-19)28-4/h5-9,14-16H,10-13H2,1-4H3/b18-15+. The maximum Gasteiger partial charge on any atom is 0.249 e. The van der Waals surface area contributed by atoms with Gasteiger partial charge in [0.2, 0.25) is 5.91 Å². The number of anilines is 1. The van der Waals surface area contributed by atoms with Crippen LogP contribution in [0, 0.1) is 6.92 Å². The number of hydrogen-bond donors (Lipinski definition) is 0. The van der Waals surface area contributed by atoms with Gasteiger partial charge < -0.3 is 19.3 Å². The van der Waals surface area contributed by atoms with Gasteiger partial charge in [0.1, 0.15) is 0 Å². The molecule has 5 heteroatoms. The number of amides is 1. The molecule has 2 aromatic rings. The van der Waals surface area contributed by atoms with Gasteiger partial charge in [-0.05, 0) is 55.3 Å². The maximum atomic E-state index is 12.9. The van der Waals surface area contributed by atoms with E-state index in [1.807, 2.05) is 36.1 Å². The van der Waals surface area contributed by atoms with Gasteiger partial charge in [-0.3, -0.25) is 4.79 Å². The fourth-order valence-electron chi connectivity index (χ4n) is 3.50. The lowest BCUT2D eigenvalue weighted by molar-refractivity contribution is -0.127. The molecule has 0 unspecified atom stereocenters. The van der Waals surface area contributed by atoms with Gasteiger partial charge in [-0.2, -0.15) is 0 Å². The molecule has 0 spiro atoms. The molecule has 0 aliphatic carbocycles. The van der Waals surface area contributed by atoms with Crippen molar-refractivity contribution in [1.82, 2.24) is 4.90 Å². The number of methoxy groups -OCH3 is 2. The smallest absolute Gasteiger partial charge is 0.249 e.